The predicted molar refractivity (Wildman–Crippen MR) is 124 cm³/mol. The first-order valence-corrected chi connectivity index (χ1v) is 10.8. The largest absolute Gasteiger partial charge is 0.466 e. The van der Waals surface area contributed by atoms with Crippen LogP contribution in [0.1, 0.15) is 25.3 Å². The third kappa shape index (κ3) is 3.74. The maximum atomic E-state index is 12.4. The van der Waals surface area contributed by atoms with Crippen molar-refractivity contribution in [1.29, 1.82) is 5.26 Å². The lowest BCUT2D eigenvalue weighted by Crippen LogP contribution is -2.58. The maximum absolute atomic E-state index is 12.4. The average Bonchev–Trinajstić information content (AvgIpc) is 2.79. The number of nitrogens with two attached hydrogens (primary N) is 1. The van der Waals surface area contributed by atoms with E-state index in [0.717, 1.165) is 22.3 Å². The van der Waals surface area contributed by atoms with Crippen molar-refractivity contribution in [2.45, 2.75) is 30.9 Å². The standard InChI is InChI=1S/C26H24N4O3/c1-25(32)15-26(28,16-25)19-9-7-18(8-10-19)23-20(17-5-3-2-4-6-17)13-21-24(29-23)33-14-22(31)30(21)12-11-27/h2-10,13,32H,12,14-16,28H2,1H3. The Morgan fingerprint density at radius 1 is 1.15 bits per heavy atom. The van der Waals surface area contributed by atoms with Gasteiger partial charge in [-0.1, -0.05) is 54.6 Å². The van der Waals surface area contributed by atoms with E-state index >= 15 is 0 Å². The second-order valence-electron chi connectivity index (χ2n) is 9.09. The zero-order valence-electron chi connectivity index (χ0n) is 18.3. The van der Waals surface area contributed by atoms with Gasteiger partial charge in [-0.25, -0.2) is 4.98 Å². The van der Waals surface area contributed by atoms with Crippen LogP contribution in [-0.2, 0) is 10.3 Å². The molecule has 2 aliphatic rings. The summed E-state index contributed by atoms with van der Waals surface area (Å²) >= 11 is 0. The van der Waals surface area contributed by atoms with Gasteiger partial charge in [-0.2, -0.15) is 5.26 Å². The molecule has 166 valence electrons. The van der Waals surface area contributed by atoms with Gasteiger partial charge in [0.05, 0.1) is 17.4 Å². The summed E-state index contributed by atoms with van der Waals surface area (Å²) in [4.78, 5) is 18.5. The molecule has 5 rings (SSSR count). The van der Waals surface area contributed by atoms with Crippen LogP contribution in [0, 0.1) is 11.3 Å². The molecule has 3 N–H and O–H groups in total. The summed E-state index contributed by atoms with van der Waals surface area (Å²) in [6.07, 6.45) is 1.03. The molecule has 3 aromatic rings. The molecule has 1 amide bonds. The monoisotopic (exact) mass is 440 g/mol. The maximum Gasteiger partial charge on any atom is 0.266 e. The van der Waals surface area contributed by atoms with Gasteiger partial charge in [-0.05, 0) is 37.0 Å². The lowest BCUT2D eigenvalue weighted by Gasteiger charge is -2.49. The number of anilines is 1. The zero-order chi connectivity index (χ0) is 23.2. The molecule has 1 aliphatic carbocycles. The second kappa shape index (κ2) is 7.69. The van der Waals surface area contributed by atoms with E-state index in [1.54, 1.807) is 6.92 Å². The van der Waals surface area contributed by atoms with E-state index in [1.807, 2.05) is 66.7 Å². The number of carbonyl (C=O) groups is 1. The number of carbonyl (C=O) groups excluding carboxylic acids is 1. The number of fused-ring (bicyclic) bond motifs is 1. The minimum atomic E-state index is -0.724. The normalized spacial score (nSPS) is 23.8. The molecule has 33 heavy (non-hydrogen) atoms. The van der Waals surface area contributed by atoms with Crippen LogP contribution in [0.4, 0.5) is 5.69 Å². The van der Waals surface area contributed by atoms with E-state index in [0.29, 0.717) is 30.1 Å². The van der Waals surface area contributed by atoms with Gasteiger partial charge in [0.25, 0.3) is 5.91 Å². The quantitative estimate of drug-likeness (QED) is 0.602. The van der Waals surface area contributed by atoms with Crippen LogP contribution in [0.15, 0.2) is 60.7 Å². The number of amides is 1. The van der Waals surface area contributed by atoms with Crippen molar-refractivity contribution in [3.8, 4) is 34.3 Å². The molecule has 1 fully saturated rings. The number of pyridine rings is 1. The average molecular weight is 441 g/mol. The second-order valence-corrected chi connectivity index (χ2v) is 9.09. The van der Waals surface area contributed by atoms with Crippen LogP contribution in [0.2, 0.25) is 0 Å². The fraction of sp³-hybridized carbons (Fsp3) is 0.269. The van der Waals surface area contributed by atoms with Crippen LogP contribution in [-0.4, -0.2) is 34.8 Å². The van der Waals surface area contributed by atoms with E-state index in [-0.39, 0.29) is 19.1 Å². The highest BCUT2D eigenvalue weighted by Crippen LogP contribution is 2.47. The number of rotatable bonds is 4. The number of aromatic nitrogens is 1. The molecule has 7 heteroatoms. The Balaban J connectivity index is 1.60. The molecule has 2 aromatic carbocycles. The highest BCUT2D eigenvalue weighted by atomic mass is 16.5. The molecule has 0 bridgehead atoms. The van der Waals surface area contributed by atoms with Crippen LogP contribution in [0.5, 0.6) is 5.88 Å². The number of aliphatic hydroxyl groups is 1. The molecule has 0 radical (unpaired) electrons. The fourth-order valence-electron chi connectivity index (χ4n) is 4.90. The number of benzene rings is 2. The summed E-state index contributed by atoms with van der Waals surface area (Å²) in [6, 6.07) is 21.6. The summed E-state index contributed by atoms with van der Waals surface area (Å²) < 4.78 is 5.63. The SMILES string of the molecule is CC1(O)CC(N)(c2ccc(-c3nc4c(cc3-c3ccccc3)N(CC#N)C(=O)CO4)cc2)C1. The van der Waals surface area contributed by atoms with E-state index < -0.39 is 11.1 Å². The van der Waals surface area contributed by atoms with Gasteiger partial charge in [0, 0.05) is 16.7 Å². The summed E-state index contributed by atoms with van der Waals surface area (Å²) in [7, 11) is 0. The smallest absolute Gasteiger partial charge is 0.266 e. The van der Waals surface area contributed by atoms with Crippen molar-refractivity contribution in [2.75, 3.05) is 18.1 Å². The van der Waals surface area contributed by atoms with Crippen molar-refractivity contribution in [2.24, 2.45) is 5.73 Å². The lowest BCUT2D eigenvalue weighted by molar-refractivity contribution is -0.121. The van der Waals surface area contributed by atoms with Crippen LogP contribution in [0.25, 0.3) is 22.4 Å². The third-order valence-corrected chi connectivity index (χ3v) is 6.33. The highest BCUT2D eigenvalue weighted by Gasteiger charge is 2.49. The molecule has 0 unspecified atom stereocenters. The van der Waals surface area contributed by atoms with E-state index in [1.165, 1.54) is 4.90 Å². The van der Waals surface area contributed by atoms with Gasteiger partial charge in [0.2, 0.25) is 5.88 Å². The summed E-state index contributed by atoms with van der Waals surface area (Å²) in [5, 5.41) is 19.3. The van der Waals surface area contributed by atoms with Crippen molar-refractivity contribution in [3.05, 3.63) is 66.2 Å². The summed E-state index contributed by atoms with van der Waals surface area (Å²) in [6.45, 7) is 1.58. The molecule has 0 atom stereocenters. The Bertz CT molecular complexity index is 1260. The van der Waals surface area contributed by atoms with Crippen molar-refractivity contribution >= 4 is 11.6 Å². The van der Waals surface area contributed by atoms with Crippen LogP contribution < -0.4 is 15.4 Å². The van der Waals surface area contributed by atoms with Crippen LogP contribution >= 0.6 is 0 Å². The molecule has 7 nitrogen and oxygen atoms in total. The molecule has 1 aliphatic heterocycles. The first-order chi connectivity index (χ1) is 15.8. The van der Waals surface area contributed by atoms with Crippen molar-refractivity contribution in [1.82, 2.24) is 4.98 Å². The Morgan fingerprint density at radius 2 is 1.85 bits per heavy atom. The Labute approximate surface area is 192 Å². The number of nitriles is 1. The molecular formula is C26H24N4O3. The van der Waals surface area contributed by atoms with Gasteiger partial charge in [0.15, 0.2) is 6.61 Å². The molecule has 0 saturated heterocycles. The van der Waals surface area contributed by atoms with Crippen molar-refractivity contribution in [3.63, 3.8) is 0 Å². The predicted octanol–water partition coefficient (Wildman–Crippen LogP) is 3.36. The fourth-order valence-corrected chi connectivity index (χ4v) is 4.90. The minimum Gasteiger partial charge on any atom is -0.466 e. The van der Waals surface area contributed by atoms with E-state index in [2.05, 4.69) is 0 Å². The minimum absolute atomic E-state index is 0.0680. The lowest BCUT2D eigenvalue weighted by atomic mass is 9.63. The molecule has 0 spiro atoms. The topological polar surface area (TPSA) is 112 Å². The number of nitrogens with zero attached hydrogens (tertiary/aromatic N) is 3. The van der Waals surface area contributed by atoms with Crippen LogP contribution in [0.3, 0.4) is 0 Å². The van der Waals surface area contributed by atoms with Gasteiger partial charge < -0.3 is 15.6 Å². The third-order valence-electron chi connectivity index (χ3n) is 6.33. The Hall–Kier alpha value is -3.73. The number of ether oxygens (including phenoxy) is 1. The van der Waals surface area contributed by atoms with Gasteiger partial charge in [0.1, 0.15) is 12.2 Å². The molecule has 1 saturated carbocycles. The van der Waals surface area contributed by atoms with E-state index in [4.69, 9.17) is 15.5 Å². The Kier molecular flexibility index (Phi) is 4.93. The van der Waals surface area contributed by atoms with Crippen molar-refractivity contribution < 1.29 is 14.6 Å². The summed E-state index contributed by atoms with van der Waals surface area (Å²) in [5.41, 5.74) is 10.1. The number of hydrogen-bond acceptors (Lipinski definition) is 6. The highest BCUT2D eigenvalue weighted by molar-refractivity contribution is 5.99. The van der Waals surface area contributed by atoms with E-state index in [9.17, 15) is 15.2 Å². The zero-order valence-corrected chi connectivity index (χ0v) is 18.3. The molecule has 1 aromatic heterocycles. The molecule has 2 heterocycles. The number of hydrogen-bond donors (Lipinski definition) is 2. The van der Waals surface area contributed by atoms with Gasteiger partial charge >= 0.3 is 0 Å². The first kappa shape index (κ1) is 21.1. The first-order valence-electron chi connectivity index (χ1n) is 10.8. The Morgan fingerprint density at radius 3 is 2.48 bits per heavy atom. The molecular weight excluding hydrogens is 416 g/mol. The van der Waals surface area contributed by atoms with Gasteiger partial charge in [-0.3, -0.25) is 9.69 Å². The van der Waals surface area contributed by atoms with Gasteiger partial charge in [-0.15, -0.1) is 0 Å². The summed E-state index contributed by atoms with van der Waals surface area (Å²) in [5.74, 6) is 0.0560.